The Bertz CT molecular complexity index is 948. The number of benzene rings is 2. The van der Waals surface area contributed by atoms with Gasteiger partial charge >= 0.3 is 6.18 Å². The van der Waals surface area contributed by atoms with Crippen LogP contribution in [0.15, 0.2) is 54.9 Å². The van der Waals surface area contributed by atoms with Crippen LogP contribution in [-0.4, -0.2) is 17.1 Å². The van der Waals surface area contributed by atoms with Crippen molar-refractivity contribution in [3.05, 3.63) is 60.4 Å². The lowest BCUT2D eigenvalue weighted by molar-refractivity contribution is -0.136. The van der Waals surface area contributed by atoms with E-state index >= 15 is 0 Å². The van der Waals surface area contributed by atoms with Gasteiger partial charge in [0, 0.05) is 0 Å². The van der Waals surface area contributed by atoms with E-state index in [1.54, 1.807) is 24.3 Å². The van der Waals surface area contributed by atoms with Crippen LogP contribution in [0.1, 0.15) is 5.56 Å². The summed E-state index contributed by atoms with van der Waals surface area (Å²) in [7, 11) is 1.48. The first kappa shape index (κ1) is 18.3. The van der Waals surface area contributed by atoms with E-state index in [9.17, 15) is 13.2 Å². The van der Waals surface area contributed by atoms with Crippen LogP contribution in [-0.2, 0) is 6.18 Å². The number of nitrogens with two attached hydrogens (primary N) is 1. The van der Waals surface area contributed by atoms with Crippen LogP contribution in [0, 0.1) is 0 Å². The summed E-state index contributed by atoms with van der Waals surface area (Å²) in [5.41, 5.74) is 4.93. The van der Waals surface area contributed by atoms with E-state index in [0.29, 0.717) is 11.5 Å². The summed E-state index contributed by atoms with van der Waals surface area (Å²) in [6, 6.07) is 11.8. The molecule has 6 nitrogen and oxygen atoms in total. The minimum absolute atomic E-state index is 0.00778. The van der Waals surface area contributed by atoms with Crippen LogP contribution in [0.3, 0.4) is 0 Å². The van der Waals surface area contributed by atoms with Crippen molar-refractivity contribution in [3.8, 4) is 17.4 Å². The highest BCUT2D eigenvalue weighted by molar-refractivity contribution is 5.74. The SMILES string of the molecule is COc1ccccc1Oc1ncnc(Nc2ccccc2C(F)(F)F)c1N. The number of hydrogen-bond acceptors (Lipinski definition) is 6. The molecule has 140 valence electrons. The van der Waals surface area contributed by atoms with E-state index in [1.165, 1.54) is 25.3 Å². The van der Waals surface area contributed by atoms with Gasteiger partial charge in [0.05, 0.1) is 18.4 Å². The van der Waals surface area contributed by atoms with Gasteiger partial charge in [0.1, 0.15) is 12.0 Å². The monoisotopic (exact) mass is 376 g/mol. The molecule has 0 fully saturated rings. The summed E-state index contributed by atoms with van der Waals surface area (Å²) in [6.07, 6.45) is -3.39. The van der Waals surface area contributed by atoms with Gasteiger partial charge in [-0.3, -0.25) is 0 Å². The summed E-state index contributed by atoms with van der Waals surface area (Å²) in [6.45, 7) is 0. The zero-order valence-electron chi connectivity index (χ0n) is 14.1. The van der Waals surface area contributed by atoms with Crippen molar-refractivity contribution >= 4 is 17.2 Å². The maximum atomic E-state index is 13.2. The largest absolute Gasteiger partial charge is 0.493 e. The number of aromatic nitrogens is 2. The van der Waals surface area contributed by atoms with Crippen molar-refractivity contribution in [2.75, 3.05) is 18.2 Å². The smallest absolute Gasteiger partial charge is 0.418 e. The Morgan fingerprint density at radius 1 is 0.963 bits per heavy atom. The van der Waals surface area contributed by atoms with Gasteiger partial charge in [-0.1, -0.05) is 24.3 Å². The number of nitrogens with zero attached hydrogens (tertiary/aromatic N) is 2. The first-order chi connectivity index (χ1) is 12.9. The first-order valence-corrected chi connectivity index (χ1v) is 7.74. The zero-order valence-corrected chi connectivity index (χ0v) is 14.1. The highest BCUT2D eigenvalue weighted by Gasteiger charge is 2.33. The number of methoxy groups -OCH3 is 1. The molecule has 2 aromatic carbocycles. The molecule has 3 N–H and O–H groups in total. The van der Waals surface area contributed by atoms with Gasteiger partial charge in [-0.15, -0.1) is 0 Å². The molecule has 0 bridgehead atoms. The Morgan fingerprint density at radius 3 is 2.33 bits per heavy atom. The number of nitrogen functional groups attached to an aromatic ring is 1. The van der Waals surface area contributed by atoms with E-state index < -0.39 is 11.7 Å². The fourth-order valence-electron chi connectivity index (χ4n) is 2.33. The van der Waals surface area contributed by atoms with E-state index in [4.69, 9.17) is 15.2 Å². The molecule has 0 unspecified atom stereocenters. The summed E-state index contributed by atoms with van der Waals surface area (Å²) in [5, 5.41) is 2.59. The number of rotatable bonds is 5. The molecule has 0 saturated carbocycles. The lowest BCUT2D eigenvalue weighted by atomic mass is 10.1. The fraction of sp³-hybridized carbons (Fsp3) is 0.111. The van der Waals surface area contributed by atoms with Crippen molar-refractivity contribution in [2.45, 2.75) is 6.18 Å². The van der Waals surface area contributed by atoms with Gasteiger partial charge in [-0.25, -0.2) is 4.98 Å². The van der Waals surface area contributed by atoms with Crippen LogP contribution in [0.4, 0.5) is 30.4 Å². The number of hydrogen-bond donors (Lipinski definition) is 2. The van der Waals surface area contributed by atoms with Gasteiger partial charge < -0.3 is 20.5 Å². The highest BCUT2D eigenvalue weighted by atomic mass is 19.4. The molecule has 3 rings (SSSR count). The van der Waals surface area contributed by atoms with Crippen LogP contribution < -0.4 is 20.5 Å². The molecule has 1 heterocycles. The van der Waals surface area contributed by atoms with E-state index in [0.717, 1.165) is 12.4 Å². The quantitative estimate of drug-likeness (QED) is 0.676. The molecule has 0 atom stereocenters. The Morgan fingerprint density at radius 2 is 1.63 bits per heavy atom. The van der Waals surface area contributed by atoms with Crippen LogP contribution in [0.2, 0.25) is 0 Å². The van der Waals surface area contributed by atoms with E-state index in [1.807, 2.05) is 0 Å². The Hall–Kier alpha value is -3.49. The molecule has 0 spiro atoms. The average molecular weight is 376 g/mol. The Balaban J connectivity index is 1.93. The molecule has 9 heteroatoms. The van der Waals surface area contributed by atoms with Crippen molar-refractivity contribution in [1.29, 1.82) is 0 Å². The van der Waals surface area contributed by atoms with Crippen LogP contribution >= 0.6 is 0 Å². The maximum Gasteiger partial charge on any atom is 0.418 e. The normalized spacial score (nSPS) is 11.1. The molecule has 0 aliphatic heterocycles. The molecule has 0 radical (unpaired) electrons. The topological polar surface area (TPSA) is 82.3 Å². The van der Waals surface area contributed by atoms with Gasteiger partial charge in [0.2, 0.25) is 5.88 Å². The molecule has 0 amide bonds. The summed E-state index contributed by atoms with van der Waals surface area (Å²) < 4.78 is 50.3. The molecule has 0 aliphatic carbocycles. The summed E-state index contributed by atoms with van der Waals surface area (Å²) in [5.74, 6) is 0.785. The standard InChI is InChI=1S/C18H15F3N4O2/c1-26-13-8-4-5-9-14(13)27-17-15(22)16(23-10-24-17)25-12-7-3-2-6-11(12)18(19,20)21/h2-10H,22H2,1H3,(H,23,24,25). The molecular formula is C18H15F3N4O2. The fourth-order valence-corrected chi connectivity index (χ4v) is 2.33. The Kier molecular flexibility index (Phi) is 5.02. The number of halogens is 3. The molecule has 0 aliphatic rings. The maximum absolute atomic E-state index is 13.2. The summed E-state index contributed by atoms with van der Waals surface area (Å²) in [4.78, 5) is 7.86. The van der Waals surface area contributed by atoms with Crippen LogP contribution in [0.5, 0.6) is 17.4 Å². The molecule has 27 heavy (non-hydrogen) atoms. The predicted octanol–water partition coefficient (Wildman–Crippen LogP) is 4.62. The predicted molar refractivity (Wildman–Crippen MR) is 94.2 cm³/mol. The van der Waals surface area contributed by atoms with Crippen LogP contribution in [0.25, 0.3) is 0 Å². The third-order valence-corrected chi connectivity index (χ3v) is 3.61. The minimum Gasteiger partial charge on any atom is -0.493 e. The lowest BCUT2D eigenvalue weighted by Crippen LogP contribution is -2.10. The number of anilines is 3. The molecular weight excluding hydrogens is 361 g/mol. The lowest BCUT2D eigenvalue weighted by Gasteiger charge is -2.16. The van der Waals surface area contributed by atoms with Crippen molar-refractivity contribution in [3.63, 3.8) is 0 Å². The van der Waals surface area contributed by atoms with Crippen molar-refractivity contribution in [2.24, 2.45) is 0 Å². The van der Waals surface area contributed by atoms with Gasteiger partial charge in [-0.05, 0) is 24.3 Å². The van der Waals surface area contributed by atoms with Gasteiger partial charge in [0.25, 0.3) is 0 Å². The molecule has 0 saturated heterocycles. The first-order valence-electron chi connectivity index (χ1n) is 7.74. The number of alkyl halides is 3. The summed E-state index contributed by atoms with van der Waals surface area (Å²) >= 11 is 0. The second kappa shape index (κ2) is 7.40. The molecule has 1 aromatic heterocycles. The van der Waals surface area contributed by atoms with E-state index in [2.05, 4.69) is 15.3 Å². The number of nitrogens with one attached hydrogen (secondary N) is 1. The minimum atomic E-state index is -4.53. The number of ether oxygens (including phenoxy) is 2. The van der Waals surface area contributed by atoms with Crippen molar-refractivity contribution in [1.82, 2.24) is 9.97 Å². The third kappa shape index (κ3) is 4.02. The van der Waals surface area contributed by atoms with Gasteiger partial charge in [-0.2, -0.15) is 18.2 Å². The van der Waals surface area contributed by atoms with E-state index in [-0.39, 0.29) is 23.1 Å². The third-order valence-electron chi connectivity index (χ3n) is 3.61. The zero-order chi connectivity index (χ0) is 19.4. The number of para-hydroxylation sites is 3. The van der Waals surface area contributed by atoms with Gasteiger partial charge in [0.15, 0.2) is 17.3 Å². The second-order valence-electron chi connectivity index (χ2n) is 5.36. The Labute approximate surface area is 152 Å². The second-order valence-corrected chi connectivity index (χ2v) is 5.36. The highest BCUT2D eigenvalue weighted by Crippen LogP contribution is 2.38. The van der Waals surface area contributed by atoms with Crippen molar-refractivity contribution < 1.29 is 22.6 Å². The molecule has 3 aromatic rings. The average Bonchev–Trinajstić information content (AvgIpc) is 2.65.